The molecule has 2 rings (SSSR count). The van der Waals surface area contributed by atoms with E-state index in [4.69, 9.17) is 5.73 Å². The molecule has 2 heteroatoms. The summed E-state index contributed by atoms with van der Waals surface area (Å²) in [7, 11) is 0. The first kappa shape index (κ1) is 10.7. The number of rotatable bonds is 1. The van der Waals surface area contributed by atoms with Gasteiger partial charge in [-0.3, -0.25) is 0 Å². The molecular formula is C14H14FN. The van der Waals surface area contributed by atoms with Crippen molar-refractivity contribution >= 4 is 5.69 Å². The minimum Gasteiger partial charge on any atom is -0.396 e. The van der Waals surface area contributed by atoms with Crippen LogP contribution in [0.25, 0.3) is 11.1 Å². The Bertz CT molecular complexity index is 512. The smallest absolute Gasteiger partial charge is 0.146 e. The summed E-state index contributed by atoms with van der Waals surface area (Å²) in [5.74, 6) is -0.367. The summed E-state index contributed by atoms with van der Waals surface area (Å²) in [6.45, 7) is 4.09. The average molecular weight is 215 g/mol. The van der Waals surface area contributed by atoms with Gasteiger partial charge in [0.05, 0.1) is 5.69 Å². The molecule has 0 bridgehead atoms. The zero-order valence-electron chi connectivity index (χ0n) is 9.42. The molecule has 0 aliphatic heterocycles. The van der Waals surface area contributed by atoms with Crippen molar-refractivity contribution < 1.29 is 4.39 Å². The average Bonchev–Trinajstić information content (AvgIpc) is 2.20. The summed E-state index contributed by atoms with van der Waals surface area (Å²) in [6, 6.07) is 11.1. The molecule has 0 atom stereocenters. The number of nitrogen functional groups attached to an aromatic ring is 1. The Morgan fingerprint density at radius 3 is 2.06 bits per heavy atom. The summed E-state index contributed by atoms with van der Waals surface area (Å²) >= 11 is 0. The van der Waals surface area contributed by atoms with Crippen LogP contribution in [0, 0.1) is 19.7 Å². The molecule has 1 nitrogen and oxygen atoms in total. The zero-order valence-corrected chi connectivity index (χ0v) is 9.42. The van der Waals surface area contributed by atoms with Gasteiger partial charge in [-0.15, -0.1) is 0 Å². The fraction of sp³-hybridized carbons (Fsp3) is 0.143. The maximum Gasteiger partial charge on any atom is 0.146 e. The fourth-order valence-corrected chi connectivity index (χ4v) is 1.86. The maximum atomic E-state index is 13.0. The van der Waals surface area contributed by atoms with E-state index in [9.17, 15) is 4.39 Å². The molecule has 0 spiro atoms. The lowest BCUT2D eigenvalue weighted by atomic mass is 10.0. The van der Waals surface area contributed by atoms with Crippen molar-refractivity contribution in [2.24, 2.45) is 0 Å². The predicted molar refractivity (Wildman–Crippen MR) is 65.7 cm³/mol. The van der Waals surface area contributed by atoms with Gasteiger partial charge in [0.15, 0.2) is 0 Å². The molecule has 2 aromatic rings. The van der Waals surface area contributed by atoms with Crippen LogP contribution < -0.4 is 5.73 Å². The monoisotopic (exact) mass is 215 g/mol. The van der Waals surface area contributed by atoms with Gasteiger partial charge in [-0.1, -0.05) is 35.4 Å². The van der Waals surface area contributed by atoms with E-state index in [1.807, 2.05) is 13.8 Å². The van der Waals surface area contributed by atoms with Gasteiger partial charge in [-0.2, -0.15) is 0 Å². The van der Waals surface area contributed by atoms with E-state index in [2.05, 4.69) is 18.2 Å². The van der Waals surface area contributed by atoms with E-state index in [-0.39, 0.29) is 11.5 Å². The predicted octanol–water partition coefficient (Wildman–Crippen LogP) is 3.69. The Hall–Kier alpha value is -1.83. The van der Waals surface area contributed by atoms with Crippen molar-refractivity contribution in [3.63, 3.8) is 0 Å². The molecule has 2 N–H and O–H groups in total. The van der Waals surface area contributed by atoms with Crippen LogP contribution >= 0.6 is 0 Å². The zero-order chi connectivity index (χ0) is 11.7. The molecule has 82 valence electrons. The van der Waals surface area contributed by atoms with Crippen LogP contribution in [0.3, 0.4) is 0 Å². The van der Waals surface area contributed by atoms with E-state index in [0.29, 0.717) is 0 Å². The van der Waals surface area contributed by atoms with E-state index in [0.717, 1.165) is 11.1 Å². The van der Waals surface area contributed by atoms with Crippen LogP contribution in [-0.4, -0.2) is 0 Å². The van der Waals surface area contributed by atoms with Crippen molar-refractivity contribution in [1.82, 2.24) is 0 Å². The third-order valence-corrected chi connectivity index (χ3v) is 2.55. The molecule has 0 heterocycles. The lowest BCUT2D eigenvalue weighted by Crippen LogP contribution is -1.91. The number of halogens is 1. The molecule has 0 saturated carbocycles. The largest absolute Gasteiger partial charge is 0.396 e. The van der Waals surface area contributed by atoms with Crippen molar-refractivity contribution in [1.29, 1.82) is 0 Å². The number of hydrogen-bond acceptors (Lipinski definition) is 1. The van der Waals surface area contributed by atoms with E-state index in [1.54, 1.807) is 12.1 Å². The van der Waals surface area contributed by atoms with Gasteiger partial charge >= 0.3 is 0 Å². The Kier molecular flexibility index (Phi) is 2.65. The molecule has 0 radical (unpaired) electrons. The molecule has 2 aromatic carbocycles. The molecule has 0 saturated heterocycles. The van der Waals surface area contributed by atoms with Gasteiger partial charge < -0.3 is 5.73 Å². The fourth-order valence-electron chi connectivity index (χ4n) is 1.86. The standard InChI is InChI=1S/C14H14FN/c1-9-5-10(2)7-12(6-9)11-3-4-13(15)14(16)8-11/h3-8H,16H2,1-2H3. The molecule has 0 aromatic heterocycles. The summed E-state index contributed by atoms with van der Waals surface area (Å²) in [4.78, 5) is 0. The molecular weight excluding hydrogens is 201 g/mol. The summed E-state index contributed by atoms with van der Waals surface area (Å²) in [5, 5.41) is 0. The quantitative estimate of drug-likeness (QED) is 0.721. The van der Waals surface area contributed by atoms with Gasteiger partial charge in [0.1, 0.15) is 5.82 Å². The Balaban J connectivity index is 2.54. The topological polar surface area (TPSA) is 26.0 Å². The molecule has 0 fully saturated rings. The van der Waals surface area contributed by atoms with Gasteiger partial charge in [0.25, 0.3) is 0 Å². The van der Waals surface area contributed by atoms with Crippen LogP contribution in [0.2, 0.25) is 0 Å². The van der Waals surface area contributed by atoms with Crippen molar-refractivity contribution in [3.8, 4) is 11.1 Å². The first-order valence-electron chi connectivity index (χ1n) is 5.20. The minimum atomic E-state index is -0.367. The number of hydrogen-bond donors (Lipinski definition) is 1. The van der Waals surface area contributed by atoms with Gasteiger partial charge in [0.2, 0.25) is 0 Å². The second-order valence-corrected chi connectivity index (χ2v) is 4.11. The first-order valence-corrected chi connectivity index (χ1v) is 5.20. The maximum absolute atomic E-state index is 13.0. The minimum absolute atomic E-state index is 0.191. The highest BCUT2D eigenvalue weighted by Gasteiger charge is 2.03. The van der Waals surface area contributed by atoms with Crippen LogP contribution in [0.1, 0.15) is 11.1 Å². The lowest BCUT2D eigenvalue weighted by molar-refractivity contribution is 0.632. The lowest BCUT2D eigenvalue weighted by Gasteiger charge is -2.06. The molecule has 0 unspecified atom stereocenters. The summed E-state index contributed by atoms with van der Waals surface area (Å²) in [5.41, 5.74) is 10.2. The Morgan fingerprint density at radius 1 is 0.875 bits per heavy atom. The summed E-state index contributed by atoms with van der Waals surface area (Å²) < 4.78 is 13.0. The van der Waals surface area contributed by atoms with Crippen LogP contribution in [-0.2, 0) is 0 Å². The molecule has 0 aliphatic carbocycles. The third kappa shape index (κ3) is 2.06. The molecule has 0 aliphatic rings. The van der Waals surface area contributed by atoms with E-state index in [1.165, 1.54) is 17.2 Å². The third-order valence-electron chi connectivity index (χ3n) is 2.55. The van der Waals surface area contributed by atoms with Crippen LogP contribution in [0.15, 0.2) is 36.4 Å². The number of benzene rings is 2. The van der Waals surface area contributed by atoms with E-state index >= 15 is 0 Å². The van der Waals surface area contributed by atoms with Crippen molar-refractivity contribution in [3.05, 3.63) is 53.3 Å². The van der Waals surface area contributed by atoms with Crippen LogP contribution in [0.5, 0.6) is 0 Å². The second-order valence-electron chi connectivity index (χ2n) is 4.11. The highest BCUT2D eigenvalue weighted by molar-refractivity contribution is 5.68. The normalized spacial score (nSPS) is 10.4. The number of aryl methyl sites for hydroxylation is 2. The highest BCUT2D eigenvalue weighted by atomic mass is 19.1. The molecule has 0 amide bonds. The van der Waals surface area contributed by atoms with Gasteiger partial charge in [-0.05, 0) is 37.1 Å². The number of nitrogens with two attached hydrogens (primary N) is 1. The summed E-state index contributed by atoms with van der Waals surface area (Å²) in [6.07, 6.45) is 0. The van der Waals surface area contributed by atoms with Crippen molar-refractivity contribution in [2.75, 3.05) is 5.73 Å². The number of anilines is 1. The Labute approximate surface area is 94.7 Å². The first-order chi connectivity index (χ1) is 7.56. The molecule has 16 heavy (non-hydrogen) atoms. The second kappa shape index (κ2) is 3.97. The Morgan fingerprint density at radius 2 is 1.50 bits per heavy atom. The van der Waals surface area contributed by atoms with Gasteiger partial charge in [-0.25, -0.2) is 4.39 Å². The SMILES string of the molecule is Cc1cc(C)cc(-c2ccc(F)c(N)c2)c1. The van der Waals surface area contributed by atoms with E-state index < -0.39 is 0 Å². The van der Waals surface area contributed by atoms with Crippen LogP contribution in [0.4, 0.5) is 10.1 Å². The highest BCUT2D eigenvalue weighted by Crippen LogP contribution is 2.25. The van der Waals surface area contributed by atoms with Crippen molar-refractivity contribution in [2.45, 2.75) is 13.8 Å². The van der Waals surface area contributed by atoms with Gasteiger partial charge in [0, 0.05) is 0 Å².